The first-order valence-electron chi connectivity index (χ1n) is 27.0. The van der Waals surface area contributed by atoms with Crippen LogP contribution in [0.1, 0.15) is 79.8 Å². The number of rotatable bonds is 10. The predicted octanol–water partition coefficient (Wildman–Crippen LogP) is 8.64. The number of hydrogen-bond donors (Lipinski definition) is 3. The van der Waals surface area contributed by atoms with Crippen LogP contribution in [0, 0.1) is 28.8 Å². The van der Waals surface area contributed by atoms with E-state index in [1.54, 1.807) is 13.0 Å². The molecule has 3 aromatic carbocycles. The summed E-state index contributed by atoms with van der Waals surface area (Å²) in [6, 6.07) is 7.97. The number of aromatic nitrogens is 4. The van der Waals surface area contributed by atoms with E-state index in [0.29, 0.717) is 40.9 Å². The summed E-state index contributed by atoms with van der Waals surface area (Å²) in [5, 5.41) is 24.6. The summed E-state index contributed by atoms with van der Waals surface area (Å²) >= 11 is 7.84. The second-order valence-corrected chi connectivity index (χ2v) is 23.5. The zero-order valence-electron chi connectivity index (χ0n) is 44.9. The number of nitrogens with one attached hydrogen (secondary N) is 1. The van der Waals surface area contributed by atoms with Crippen LogP contribution >= 0.6 is 22.9 Å². The molecule has 3 fully saturated rings. The van der Waals surface area contributed by atoms with E-state index in [-0.39, 0.29) is 165 Å². The Hall–Kier alpha value is -7.95. The van der Waals surface area contributed by atoms with Gasteiger partial charge in [0.2, 0.25) is 0 Å². The number of nitrogens with two attached hydrogens (primary N) is 1. The van der Waals surface area contributed by atoms with Crippen LogP contribution in [0.5, 0.6) is 6.01 Å². The maximum absolute atomic E-state index is 17.5. The van der Waals surface area contributed by atoms with Crippen LogP contribution in [0.2, 0.25) is 5.02 Å². The summed E-state index contributed by atoms with van der Waals surface area (Å²) in [4.78, 5) is 74.1. The number of fused-ring (bicyclic) bond motifs is 8. The number of benzene rings is 3. The number of cyclic esters (lactones) is 1. The van der Waals surface area contributed by atoms with Gasteiger partial charge < -0.3 is 44.2 Å². The number of aliphatic hydroxyl groups is 1. The van der Waals surface area contributed by atoms with E-state index in [4.69, 9.17) is 46.3 Å². The lowest BCUT2D eigenvalue weighted by Gasteiger charge is -2.41. The van der Waals surface area contributed by atoms with Gasteiger partial charge >= 0.3 is 18.1 Å². The van der Waals surface area contributed by atoms with Gasteiger partial charge in [0.15, 0.2) is 11.4 Å². The number of piperazine rings is 1. The SMILES string of the molecule is C=C(C(=O)N1CCN(c2nc(OCC34CCCN3CC(F)C4)nc3c(F)c(-c4ccc(F)c5sc(N)c(C#N)c45)c(Cl)cc23)C(C)C1)C(C)OC(=O)Nc1c(F)cc2nc3c(c4c2c1COC4)Cn1c-3cc2c(c1=O)COC(=O)C2(O)CC. The Kier molecular flexibility index (Phi) is 13.0. The second-order valence-electron chi connectivity index (χ2n) is 22.0. The molecule has 2 amide bonds. The van der Waals surface area contributed by atoms with Gasteiger partial charge in [-0.1, -0.05) is 31.2 Å². The van der Waals surface area contributed by atoms with Gasteiger partial charge in [0.1, 0.15) is 59.5 Å². The number of amides is 2. The number of carbonyl (C=O) groups is 3. The van der Waals surface area contributed by atoms with Crippen molar-refractivity contribution in [2.75, 3.05) is 55.3 Å². The van der Waals surface area contributed by atoms with Crippen LogP contribution in [0.3, 0.4) is 0 Å². The van der Waals surface area contributed by atoms with E-state index in [9.17, 15) is 33.9 Å². The van der Waals surface area contributed by atoms with Crippen LogP contribution < -0.4 is 26.2 Å². The summed E-state index contributed by atoms with van der Waals surface area (Å²) in [5.41, 5.74) is 5.08. The van der Waals surface area contributed by atoms with E-state index in [1.165, 1.54) is 28.5 Å². The van der Waals surface area contributed by atoms with Crippen molar-refractivity contribution in [2.24, 2.45) is 0 Å². The van der Waals surface area contributed by atoms with Gasteiger partial charge in [-0.05, 0) is 69.0 Å². The minimum absolute atomic E-state index is 0.0288. The quantitative estimate of drug-likeness (QED) is 0.0659. The second kappa shape index (κ2) is 19.9. The first-order chi connectivity index (χ1) is 39.7. The topological polar surface area (TPSA) is 241 Å². The van der Waals surface area contributed by atoms with Crippen LogP contribution in [0.25, 0.3) is 54.4 Å². The van der Waals surface area contributed by atoms with Crippen molar-refractivity contribution in [3.05, 3.63) is 109 Å². The Morgan fingerprint density at radius 1 is 1.05 bits per heavy atom. The third-order valence-electron chi connectivity index (χ3n) is 17.4. The predicted molar refractivity (Wildman–Crippen MR) is 298 cm³/mol. The largest absolute Gasteiger partial charge is 0.461 e. The highest BCUT2D eigenvalue weighted by atomic mass is 35.5. The number of pyridine rings is 2. The molecular formula is C58H51ClF4N10O9S. The van der Waals surface area contributed by atoms with Gasteiger partial charge in [-0.3, -0.25) is 19.8 Å². The van der Waals surface area contributed by atoms with Gasteiger partial charge in [-0.2, -0.15) is 15.2 Å². The van der Waals surface area contributed by atoms with Crippen molar-refractivity contribution in [1.29, 1.82) is 5.26 Å². The third kappa shape index (κ3) is 8.39. The maximum atomic E-state index is 17.5. The van der Waals surface area contributed by atoms with Crippen molar-refractivity contribution in [3.63, 3.8) is 0 Å². The standard InChI is InChI=1S/C58H51ClF4N10O9S/c1-5-58(78)36-14-41-47-32(20-73(41)53(75)34(36)23-80-54(58)76)33-21-79-22-35-42(33)40(66-47)15-39(62)46(35)68-56(77)82-27(4)26(3)52(74)70-11-12-72(25(2)18-70)51-30-13-37(59)44(29-7-8-38(61)49-43(29)31(17-64)50(65)83-49)45(63)48(30)67-55(69-51)81-24-57-9-6-10-71(57)19-28(60)16-57/h7-8,13-15,25,27-28,78H,3,5-6,9-12,16,18-24,65H2,1-2,4H3,(H,68,77). The Bertz CT molecular complexity index is 4180. The molecule has 3 saturated heterocycles. The van der Waals surface area contributed by atoms with Gasteiger partial charge in [-0.15, -0.1) is 11.3 Å². The Balaban J connectivity index is 0.745. The van der Waals surface area contributed by atoms with Crippen molar-refractivity contribution in [1.82, 2.24) is 29.3 Å². The molecule has 19 nitrogen and oxygen atoms in total. The van der Waals surface area contributed by atoms with Gasteiger partial charge in [0, 0.05) is 83.1 Å². The van der Waals surface area contributed by atoms with Gasteiger partial charge in [0.25, 0.3) is 11.5 Å². The molecule has 0 aliphatic carbocycles. The first kappa shape index (κ1) is 54.3. The van der Waals surface area contributed by atoms with Crippen LogP contribution in [-0.4, -0.2) is 116 Å². The highest BCUT2D eigenvalue weighted by molar-refractivity contribution is 7.23. The fourth-order valence-electron chi connectivity index (χ4n) is 13.1. The van der Waals surface area contributed by atoms with E-state index >= 15 is 13.2 Å². The van der Waals surface area contributed by atoms with Crippen molar-refractivity contribution in [2.45, 2.75) is 102 Å². The summed E-state index contributed by atoms with van der Waals surface area (Å²) in [6.07, 6.45) is -1.63. The minimum atomic E-state index is -2.04. The lowest BCUT2D eigenvalue weighted by atomic mass is 9.86. The molecule has 0 radical (unpaired) electrons. The highest BCUT2D eigenvalue weighted by Gasteiger charge is 2.50. The number of alkyl halides is 1. The molecule has 25 heteroatoms. The molecule has 5 atom stereocenters. The third-order valence-corrected chi connectivity index (χ3v) is 18.7. The monoisotopic (exact) mass is 1170 g/mol. The summed E-state index contributed by atoms with van der Waals surface area (Å²) in [5.74, 6) is -3.62. The molecule has 6 aliphatic heterocycles. The number of esters is 1. The molecule has 10 heterocycles. The number of carbonyl (C=O) groups excluding carboxylic acids is 3. The maximum Gasteiger partial charge on any atom is 0.412 e. The highest BCUT2D eigenvalue weighted by Crippen LogP contribution is 2.48. The number of thiophene rings is 1. The molecule has 4 aromatic heterocycles. The number of nitriles is 1. The van der Waals surface area contributed by atoms with Gasteiger partial charge in [0.05, 0.1) is 74.3 Å². The molecule has 83 heavy (non-hydrogen) atoms. The lowest BCUT2D eigenvalue weighted by Crippen LogP contribution is -2.54. The van der Waals surface area contributed by atoms with E-state index < -0.39 is 70.4 Å². The average molecular weight is 1180 g/mol. The van der Waals surface area contributed by atoms with Crippen molar-refractivity contribution < 1.29 is 56.0 Å². The number of anilines is 3. The van der Waals surface area contributed by atoms with E-state index in [2.05, 4.69) is 21.8 Å². The molecular weight excluding hydrogens is 1120 g/mol. The molecule has 0 saturated carbocycles. The van der Waals surface area contributed by atoms with Crippen molar-refractivity contribution >= 4 is 89.3 Å². The van der Waals surface area contributed by atoms with Gasteiger partial charge in [-0.25, -0.2) is 32.1 Å². The Morgan fingerprint density at radius 2 is 1.84 bits per heavy atom. The molecule has 13 rings (SSSR count). The molecule has 4 N–H and O–H groups in total. The average Bonchev–Trinajstić information content (AvgIpc) is 4.08. The Labute approximate surface area is 478 Å². The fourth-order valence-corrected chi connectivity index (χ4v) is 14.4. The molecule has 5 unspecified atom stereocenters. The van der Waals surface area contributed by atoms with Crippen LogP contribution in [-0.2, 0) is 55.8 Å². The number of halogens is 5. The fraction of sp³-hybridized carbons (Fsp3) is 0.379. The zero-order valence-corrected chi connectivity index (χ0v) is 46.5. The smallest absolute Gasteiger partial charge is 0.412 e. The first-order valence-corrected chi connectivity index (χ1v) is 28.2. The van der Waals surface area contributed by atoms with Crippen LogP contribution in [0.15, 0.2) is 47.3 Å². The summed E-state index contributed by atoms with van der Waals surface area (Å²) in [7, 11) is 0. The molecule has 7 aromatic rings. The van der Waals surface area contributed by atoms with E-state index in [0.717, 1.165) is 29.9 Å². The number of nitrogens with zero attached hydrogens (tertiary/aromatic N) is 8. The van der Waals surface area contributed by atoms with E-state index in [1.807, 2.05) is 17.9 Å². The zero-order chi connectivity index (χ0) is 58.3. The Morgan fingerprint density at radius 3 is 2.61 bits per heavy atom. The molecule has 0 bridgehead atoms. The molecule has 6 aliphatic rings. The van der Waals surface area contributed by atoms with Crippen molar-refractivity contribution in [3.8, 4) is 34.6 Å². The molecule has 0 spiro atoms. The lowest BCUT2D eigenvalue weighted by molar-refractivity contribution is -0.172. The van der Waals surface area contributed by atoms with Crippen LogP contribution in [0.4, 0.5) is 38.9 Å². The number of nitrogen functional groups attached to an aromatic ring is 1. The minimum Gasteiger partial charge on any atom is -0.461 e. The number of hydrogen-bond acceptors (Lipinski definition) is 17. The number of ether oxygens (including phenoxy) is 4. The molecule has 428 valence electrons. The summed E-state index contributed by atoms with van der Waals surface area (Å²) < 4.78 is 88.5. The normalized spacial score (nSPS) is 22.0. The summed E-state index contributed by atoms with van der Waals surface area (Å²) in [6.45, 7) is 9.86.